The maximum absolute atomic E-state index is 12.8. The zero-order valence-corrected chi connectivity index (χ0v) is 25.0. The first-order chi connectivity index (χ1) is 20.4. The molecule has 0 bridgehead atoms. The molecule has 7 nitrogen and oxygen atoms in total. The third-order valence-corrected chi connectivity index (χ3v) is 7.42. The van der Waals surface area contributed by atoms with Gasteiger partial charge in [0.15, 0.2) is 0 Å². The van der Waals surface area contributed by atoms with Crippen LogP contribution >= 0.6 is 11.9 Å². The van der Waals surface area contributed by atoms with Gasteiger partial charge in [-0.2, -0.15) is 0 Å². The Bertz CT molecular complexity index is 1410. The molecule has 4 aromatic carbocycles. The van der Waals surface area contributed by atoms with Crippen molar-refractivity contribution in [3.8, 4) is 11.5 Å². The Morgan fingerprint density at radius 3 is 2.02 bits per heavy atom. The first-order valence-electron chi connectivity index (χ1n) is 13.9. The lowest BCUT2D eigenvalue weighted by Gasteiger charge is -2.21. The highest BCUT2D eigenvalue weighted by atomic mass is 32.2. The zero-order valence-electron chi connectivity index (χ0n) is 24.2. The van der Waals surface area contributed by atoms with Crippen LogP contribution in [0.1, 0.15) is 28.7 Å². The molecule has 0 heterocycles. The van der Waals surface area contributed by atoms with Gasteiger partial charge in [-0.25, -0.2) is 10.2 Å². The third-order valence-electron chi connectivity index (χ3n) is 6.51. The smallest absolute Gasteiger partial charge is 0.243 e. The maximum Gasteiger partial charge on any atom is 0.243 e. The number of hydrogen-bond acceptors (Lipinski definition) is 6. The molecule has 0 unspecified atom stereocenters. The molecule has 0 saturated carbocycles. The minimum Gasteiger partial charge on any atom is -0.457 e. The van der Waals surface area contributed by atoms with Crippen molar-refractivity contribution in [2.45, 2.75) is 43.7 Å². The lowest BCUT2D eigenvalue weighted by molar-refractivity contribution is -0.134. The Hall–Kier alpha value is -4.11. The van der Waals surface area contributed by atoms with Crippen molar-refractivity contribution in [3.63, 3.8) is 0 Å². The van der Waals surface area contributed by atoms with Crippen LogP contribution in [-0.2, 0) is 33.9 Å². The molecule has 4 aromatic rings. The summed E-state index contributed by atoms with van der Waals surface area (Å²) >= 11 is 1.47. The molecule has 0 aliphatic heterocycles. The number of hydroxylamine groups is 1. The van der Waals surface area contributed by atoms with Gasteiger partial charge in [-0.05, 0) is 84.8 Å². The Labute approximate surface area is 252 Å². The molecule has 0 saturated heterocycles. The standard InChI is InChI=1S/C34H37N3O4S/c1-25-9-20-31(21-10-25)42-36-32(34(39)37(2)3)23-27-13-18-30(19-14-27)41-29-16-11-26(12-17-29)15-22-33(38)35-40-24-28-7-5-4-6-8-28/h4-14,16-21,32,36H,15,22-24H2,1-3H3,(H,35,38)/t32-/m0/s1. The Morgan fingerprint density at radius 1 is 0.786 bits per heavy atom. The quantitative estimate of drug-likeness (QED) is 0.135. The Kier molecular flexibility index (Phi) is 11.6. The highest BCUT2D eigenvalue weighted by Crippen LogP contribution is 2.24. The van der Waals surface area contributed by atoms with E-state index in [-0.39, 0.29) is 17.9 Å². The predicted octanol–water partition coefficient (Wildman–Crippen LogP) is 6.26. The van der Waals surface area contributed by atoms with Gasteiger partial charge in [0, 0.05) is 25.4 Å². The monoisotopic (exact) mass is 583 g/mol. The van der Waals surface area contributed by atoms with E-state index in [1.165, 1.54) is 17.5 Å². The molecule has 0 aliphatic rings. The molecule has 8 heteroatoms. The van der Waals surface area contributed by atoms with Gasteiger partial charge in [0.2, 0.25) is 11.8 Å². The highest BCUT2D eigenvalue weighted by Gasteiger charge is 2.21. The highest BCUT2D eigenvalue weighted by molar-refractivity contribution is 7.97. The molecule has 2 N–H and O–H groups in total. The van der Waals surface area contributed by atoms with Crippen LogP contribution in [0.5, 0.6) is 11.5 Å². The van der Waals surface area contributed by atoms with E-state index < -0.39 is 0 Å². The van der Waals surface area contributed by atoms with Gasteiger partial charge in [-0.3, -0.25) is 14.4 Å². The molecule has 1 atom stereocenters. The van der Waals surface area contributed by atoms with E-state index in [4.69, 9.17) is 9.57 Å². The van der Waals surface area contributed by atoms with E-state index in [2.05, 4.69) is 29.3 Å². The van der Waals surface area contributed by atoms with Crippen LogP contribution in [-0.4, -0.2) is 36.9 Å². The minimum absolute atomic E-state index is 0.0206. The average Bonchev–Trinajstić information content (AvgIpc) is 3.00. The summed E-state index contributed by atoms with van der Waals surface area (Å²) in [6.07, 6.45) is 1.47. The van der Waals surface area contributed by atoms with Gasteiger partial charge >= 0.3 is 0 Å². The van der Waals surface area contributed by atoms with E-state index in [9.17, 15) is 9.59 Å². The molecule has 218 valence electrons. The van der Waals surface area contributed by atoms with Crippen LogP contribution in [0.4, 0.5) is 0 Å². The Balaban J connectivity index is 1.23. The normalized spacial score (nSPS) is 11.5. The largest absolute Gasteiger partial charge is 0.457 e. The number of carbonyl (C=O) groups is 2. The van der Waals surface area contributed by atoms with Gasteiger partial charge < -0.3 is 9.64 Å². The van der Waals surface area contributed by atoms with E-state index in [1.807, 2.05) is 91.0 Å². The first kappa shape index (κ1) is 30.8. The zero-order chi connectivity index (χ0) is 29.7. The van der Waals surface area contributed by atoms with E-state index in [0.717, 1.165) is 21.6 Å². The second kappa shape index (κ2) is 15.8. The van der Waals surface area contributed by atoms with Crippen LogP contribution in [0, 0.1) is 6.92 Å². The number of aryl methyl sites for hydroxylation is 2. The number of ether oxygens (including phenoxy) is 1. The third kappa shape index (κ3) is 10.1. The number of carbonyl (C=O) groups excluding carboxylic acids is 2. The summed E-state index contributed by atoms with van der Waals surface area (Å²) in [6.45, 7) is 2.38. The molecule has 4 rings (SSSR count). The molecular weight excluding hydrogens is 546 g/mol. The van der Waals surface area contributed by atoms with Gasteiger partial charge in [-0.15, -0.1) is 0 Å². The van der Waals surface area contributed by atoms with Crippen molar-refractivity contribution in [3.05, 3.63) is 125 Å². The molecule has 0 fully saturated rings. The van der Waals surface area contributed by atoms with Crippen LogP contribution in [0.15, 0.2) is 108 Å². The molecular formula is C34H37N3O4S. The van der Waals surface area contributed by atoms with Crippen molar-refractivity contribution >= 4 is 23.8 Å². The molecule has 2 amide bonds. The van der Waals surface area contributed by atoms with Gasteiger partial charge in [0.05, 0.1) is 6.61 Å². The number of hydrogen-bond donors (Lipinski definition) is 2. The number of likely N-dealkylation sites (N-methyl/N-ethyl adjacent to an activating group) is 1. The Morgan fingerprint density at radius 2 is 1.40 bits per heavy atom. The fourth-order valence-electron chi connectivity index (χ4n) is 4.11. The van der Waals surface area contributed by atoms with Crippen molar-refractivity contribution in [2.75, 3.05) is 14.1 Å². The topological polar surface area (TPSA) is 79.9 Å². The molecule has 0 spiro atoms. The molecule has 0 radical (unpaired) electrons. The lowest BCUT2D eigenvalue weighted by atomic mass is 10.1. The van der Waals surface area contributed by atoms with Crippen molar-refractivity contribution in [1.82, 2.24) is 15.1 Å². The van der Waals surface area contributed by atoms with Gasteiger partial charge in [0.1, 0.15) is 17.5 Å². The predicted molar refractivity (Wildman–Crippen MR) is 167 cm³/mol. The number of benzene rings is 4. The number of amides is 2. The number of rotatable bonds is 14. The number of nitrogens with one attached hydrogen (secondary N) is 2. The summed E-state index contributed by atoms with van der Waals surface area (Å²) in [4.78, 5) is 32.9. The first-order valence-corrected chi connectivity index (χ1v) is 14.7. The summed E-state index contributed by atoms with van der Waals surface area (Å²) in [5.74, 6) is 1.27. The summed E-state index contributed by atoms with van der Waals surface area (Å²) in [5, 5.41) is 0. The SMILES string of the molecule is Cc1ccc(SN[C@@H](Cc2ccc(Oc3ccc(CCC(=O)NOCc4ccccc4)cc3)cc2)C(=O)N(C)C)cc1. The van der Waals surface area contributed by atoms with Crippen LogP contribution < -0.4 is 14.9 Å². The minimum atomic E-state index is -0.372. The van der Waals surface area contributed by atoms with Crippen molar-refractivity contribution in [2.24, 2.45) is 0 Å². The fourth-order valence-corrected chi connectivity index (χ4v) is 4.84. The van der Waals surface area contributed by atoms with Gasteiger partial charge in [0.25, 0.3) is 0 Å². The van der Waals surface area contributed by atoms with Crippen molar-refractivity contribution in [1.29, 1.82) is 0 Å². The summed E-state index contributed by atoms with van der Waals surface area (Å²) in [7, 11) is 3.54. The summed E-state index contributed by atoms with van der Waals surface area (Å²) in [5.41, 5.74) is 6.75. The van der Waals surface area contributed by atoms with Crippen LogP contribution in [0.3, 0.4) is 0 Å². The average molecular weight is 584 g/mol. The van der Waals surface area contributed by atoms with Crippen LogP contribution in [0.25, 0.3) is 0 Å². The molecule has 42 heavy (non-hydrogen) atoms. The van der Waals surface area contributed by atoms with E-state index >= 15 is 0 Å². The van der Waals surface area contributed by atoms with Crippen molar-refractivity contribution < 1.29 is 19.2 Å². The van der Waals surface area contributed by atoms with Crippen LogP contribution in [0.2, 0.25) is 0 Å². The lowest BCUT2D eigenvalue weighted by Crippen LogP contribution is -2.42. The molecule has 0 aliphatic carbocycles. The van der Waals surface area contributed by atoms with E-state index in [0.29, 0.717) is 37.4 Å². The molecule has 0 aromatic heterocycles. The summed E-state index contributed by atoms with van der Waals surface area (Å²) < 4.78 is 9.36. The number of nitrogens with zero attached hydrogens (tertiary/aromatic N) is 1. The fraction of sp³-hybridized carbons (Fsp3) is 0.235. The van der Waals surface area contributed by atoms with Gasteiger partial charge in [-0.1, -0.05) is 72.3 Å². The van der Waals surface area contributed by atoms with E-state index in [1.54, 1.807) is 19.0 Å². The summed E-state index contributed by atoms with van der Waals surface area (Å²) in [6, 6.07) is 33.0. The second-order valence-electron chi connectivity index (χ2n) is 10.2. The maximum atomic E-state index is 12.8. The second-order valence-corrected chi connectivity index (χ2v) is 11.1.